The highest BCUT2D eigenvalue weighted by molar-refractivity contribution is 6.33. The molecule has 0 spiro atoms. The van der Waals surface area contributed by atoms with E-state index in [-0.39, 0.29) is 5.91 Å². The van der Waals surface area contributed by atoms with E-state index in [0.29, 0.717) is 29.0 Å². The molecule has 6 nitrogen and oxygen atoms in total. The van der Waals surface area contributed by atoms with Crippen LogP contribution in [-0.2, 0) is 6.54 Å². The number of hydrogen-bond acceptors (Lipinski definition) is 4. The van der Waals surface area contributed by atoms with Crippen molar-refractivity contribution in [1.29, 1.82) is 0 Å². The van der Waals surface area contributed by atoms with E-state index in [1.165, 1.54) is 32.1 Å². The van der Waals surface area contributed by atoms with Crippen molar-refractivity contribution in [2.24, 2.45) is 0 Å². The number of piperidine rings is 1. The maximum absolute atomic E-state index is 12.6. The van der Waals surface area contributed by atoms with Crippen molar-refractivity contribution in [1.82, 2.24) is 19.7 Å². The number of likely N-dealkylation sites (tertiary alicyclic amines) is 1. The van der Waals surface area contributed by atoms with Gasteiger partial charge in [0.05, 0.1) is 28.9 Å². The Bertz CT molecular complexity index is 793. The monoisotopic (exact) mass is 387 g/mol. The average molecular weight is 388 g/mol. The average Bonchev–Trinajstić information content (AvgIpc) is 3.39. The van der Waals surface area contributed by atoms with Crippen LogP contribution in [0.2, 0.25) is 5.02 Å². The molecule has 3 heterocycles. The first-order valence-corrected chi connectivity index (χ1v) is 10.3. The van der Waals surface area contributed by atoms with E-state index in [4.69, 9.17) is 11.6 Å². The lowest BCUT2D eigenvalue weighted by Crippen LogP contribution is -2.35. The van der Waals surface area contributed by atoms with Crippen LogP contribution in [0.25, 0.3) is 0 Å². The second-order valence-electron chi connectivity index (χ2n) is 7.49. The normalized spacial score (nSPS) is 18.0. The number of nitrogens with zero attached hydrogens (tertiary/aromatic N) is 4. The molecule has 7 heteroatoms. The molecule has 1 saturated carbocycles. The number of amides is 1. The van der Waals surface area contributed by atoms with Crippen molar-refractivity contribution >= 4 is 23.3 Å². The van der Waals surface area contributed by atoms with Crippen molar-refractivity contribution in [2.75, 3.05) is 18.4 Å². The Morgan fingerprint density at radius 2 is 1.96 bits per heavy atom. The lowest BCUT2D eigenvalue weighted by molar-refractivity contribution is 0.0724. The van der Waals surface area contributed by atoms with Gasteiger partial charge in [-0.1, -0.05) is 24.4 Å². The van der Waals surface area contributed by atoms with E-state index in [1.807, 2.05) is 11.0 Å². The summed E-state index contributed by atoms with van der Waals surface area (Å²) in [4.78, 5) is 18.8. The van der Waals surface area contributed by atoms with Crippen LogP contribution < -0.4 is 5.32 Å². The van der Waals surface area contributed by atoms with Crippen LogP contribution in [0.3, 0.4) is 0 Å². The highest BCUT2D eigenvalue weighted by atomic mass is 35.5. The molecular weight excluding hydrogens is 362 g/mol. The number of pyridine rings is 1. The Hall–Kier alpha value is -2.08. The van der Waals surface area contributed by atoms with Gasteiger partial charge in [-0.05, 0) is 44.2 Å². The SMILES string of the molecule is O=C(c1cnc(NCc2ccn(C3CCCC3)n2)c(Cl)c1)N1CCCCC1. The quantitative estimate of drug-likeness (QED) is 0.831. The second-order valence-corrected chi connectivity index (χ2v) is 7.89. The first kappa shape index (κ1) is 18.3. The van der Waals surface area contributed by atoms with Gasteiger partial charge in [0.1, 0.15) is 5.82 Å². The van der Waals surface area contributed by atoms with E-state index < -0.39 is 0 Å². The van der Waals surface area contributed by atoms with Crippen LogP contribution in [0.1, 0.15) is 67.0 Å². The summed E-state index contributed by atoms with van der Waals surface area (Å²) in [6.07, 6.45) is 12.0. The fourth-order valence-electron chi connectivity index (χ4n) is 3.98. The molecule has 27 heavy (non-hydrogen) atoms. The van der Waals surface area contributed by atoms with Crippen LogP contribution in [-0.4, -0.2) is 38.7 Å². The summed E-state index contributed by atoms with van der Waals surface area (Å²) < 4.78 is 2.08. The molecule has 0 unspecified atom stereocenters. The minimum Gasteiger partial charge on any atom is -0.363 e. The number of anilines is 1. The van der Waals surface area contributed by atoms with Gasteiger partial charge in [-0.2, -0.15) is 5.10 Å². The van der Waals surface area contributed by atoms with Crippen molar-refractivity contribution in [2.45, 2.75) is 57.5 Å². The molecule has 2 fully saturated rings. The Kier molecular flexibility index (Phi) is 5.62. The standard InChI is InChI=1S/C20H26ClN5O/c21-18-12-15(20(27)25-9-4-1-5-10-25)13-22-19(18)23-14-16-8-11-26(24-16)17-6-2-3-7-17/h8,11-13,17H,1-7,9-10,14H2,(H,22,23). The van der Waals surface area contributed by atoms with Gasteiger partial charge in [0.15, 0.2) is 0 Å². The lowest BCUT2D eigenvalue weighted by Gasteiger charge is -2.26. The van der Waals surface area contributed by atoms with Crippen molar-refractivity contribution in [3.8, 4) is 0 Å². The smallest absolute Gasteiger partial charge is 0.255 e. The van der Waals surface area contributed by atoms with Crippen molar-refractivity contribution < 1.29 is 4.79 Å². The highest BCUT2D eigenvalue weighted by Gasteiger charge is 2.20. The van der Waals surface area contributed by atoms with Gasteiger partial charge in [0.25, 0.3) is 5.91 Å². The summed E-state index contributed by atoms with van der Waals surface area (Å²) >= 11 is 6.37. The molecule has 1 aliphatic carbocycles. The zero-order valence-corrected chi connectivity index (χ0v) is 16.3. The predicted octanol–water partition coefficient (Wildman–Crippen LogP) is 4.28. The number of carbonyl (C=O) groups is 1. The van der Waals surface area contributed by atoms with Crippen LogP contribution in [0.15, 0.2) is 24.5 Å². The first-order chi connectivity index (χ1) is 13.2. The van der Waals surface area contributed by atoms with Crippen LogP contribution in [0, 0.1) is 0 Å². The Morgan fingerprint density at radius 1 is 1.19 bits per heavy atom. The number of nitrogens with one attached hydrogen (secondary N) is 1. The van der Waals surface area contributed by atoms with Gasteiger partial charge in [-0.15, -0.1) is 0 Å². The fraction of sp³-hybridized carbons (Fsp3) is 0.550. The van der Waals surface area contributed by atoms with Gasteiger partial charge in [-0.3, -0.25) is 9.48 Å². The topological polar surface area (TPSA) is 63.1 Å². The Morgan fingerprint density at radius 3 is 2.70 bits per heavy atom. The van der Waals surface area contributed by atoms with Gasteiger partial charge < -0.3 is 10.2 Å². The molecule has 0 radical (unpaired) electrons. The maximum Gasteiger partial charge on any atom is 0.255 e. The molecule has 2 aromatic heterocycles. The van der Waals surface area contributed by atoms with E-state index in [0.717, 1.165) is 31.6 Å². The van der Waals surface area contributed by atoms with E-state index >= 15 is 0 Å². The van der Waals surface area contributed by atoms with Gasteiger partial charge in [0.2, 0.25) is 0 Å². The number of aromatic nitrogens is 3. The van der Waals surface area contributed by atoms with Gasteiger partial charge in [0, 0.05) is 25.5 Å². The van der Waals surface area contributed by atoms with Crippen LogP contribution >= 0.6 is 11.6 Å². The molecule has 2 aliphatic rings. The molecule has 1 saturated heterocycles. The number of hydrogen-bond donors (Lipinski definition) is 1. The molecular formula is C20H26ClN5O. The summed E-state index contributed by atoms with van der Waals surface area (Å²) in [6, 6.07) is 4.29. The molecule has 0 atom stereocenters. The van der Waals surface area contributed by atoms with Gasteiger partial charge >= 0.3 is 0 Å². The molecule has 144 valence electrons. The third-order valence-corrected chi connectivity index (χ3v) is 5.82. The highest BCUT2D eigenvalue weighted by Crippen LogP contribution is 2.29. The van der Waals surface area contributed by atoms with E-state index in [9.17, 15) is 4.79 Å². The number of carbonyl (C=O) groups excluding carboxylic acids is 1. The molecule has 1 aliphatic heterocycles. The predicted molar refractivity (Wildman–Crippen MR) is 106 cm³/mol. The second kappa shape index (κ2) is 8.30. The first-order valence-electron chi connectivity index (χ1n) is 9.93. The summed E-state index contributed by atoms with van der Waals surface area (Å²) in [5, 5.41) is 8.37. The molecule has 0 aromatic carbocycles. The van der Waals surface area contributed by atoms with E-state index in [1.54, 1.807) is 12.3 Å². The summed E-state index contributed by atoms with van der Waals surface area (Å²) in [6.45, 7) is 2.20. The molecule has 2 aromatic rings. The Labute approximate surface area is 164 Å². The molecule has 0 bridgehead atoms. The van der Waals surface area contributed by atoms with Crippen molar-refractivity contribution in [3.63, 3.8) is 0 Å². The van der Waals surface area contributed by atoms with E-state index in [2.05, 4.69) is 26.3 Å². The largest absolute Gasteiger partial charge is 0.363 e. The summed E-state index contributed by atoms with van der Waals surface area (Å²) in [5.74, 6) is 0.605. The minimum atomic E-state index is 0.0194. The minimum absolute atomic E-state index is 0.0194. The van der Waals surface area contributed by atoms with Gasteiger partial charge in [-0.25, -0.2) is 4.98 Å². The van der Waals surface area contributed by atoms with Crippen molar-refractivity contribution in [3.05, 3.63) is 40.8 Å². The zero-order chi connectivity index (χ0) is 18.6. The Balaban J connectivity index is 1.37. The lowest BCUT2D eigenvalue weighted by atomic mass is 10.1. The zero-order valence-electron chi connectivity index (χ0n) is 15.5. The maximum atomic E-state index is 12.6. The number of halogens is 1. The molecule has 4 rings (SSSR count). The third kappa shape index (κ3) is 4.26. The third-order valence-electron chi connectivity index (χ3n) is 5.53. The summed E-state index contributed by atoms with van der Waals surface area (Å²) in [5.41, 5.74) is 1.52. The summed E-state index contributed by atoms with van der Waals surface area (Å²) in [7, 11) is 0. The number of rotatable bonds is 5. The fourth-order valence-corrected chi connectivity index (χ4v) is 4.22. The molecule has 1 amide bonds. The molecule has 1 N–H and O–H groups in total. The van der Waals surface area contributed by atoms with Crippen LogP contribution in [0.5, 0.6) is 0 Å². The van der Waals surface area contributed by atoms with Crippen LogP contribution in [0.4, 0.5) is 5.82 Å².